The maximum absolute atomic E-state index is 11.5. The number of aryl methyl sites for hydroxylation is 1. The van der Waals surface area contributed by atoms with Crippen LogP contribution in [-0.4, -0.2) is 40.8 Å². The van der Waals surface area contributed by atoms with Gasteiger partial charge in [-0.2, -0.15) is 5.10 Å². The Labute approximate surface area is 150 Å². The van der Waals surface area contributed by atoms with E-state index in [1.54, 1.807) is 11.3 Å². The predicted molar refractivity (Wildman–Crippen MR) is 94.0 cm³/mol. The molecule has 0 spiro atoms. The highest BCUT2D eigenvalue weighted by Gasteiger charge is 2.17. The number of carbonyl (C=O) groups is 1. The number of ether oxygens (including phenoxy) is 1. The second-order valence-corrected chi connectivity index (χ2v) is 7.63. The van der Waals surface area contributed by atoms with E-state index in [1.165, 1.54) is 17.7 Å². The van der Waals surface area contributed by atoms with Crippen molar-refractivity contribution in [1.82, 2.24) is 20.0 Å². The van der Waals surface area contributed by atoms with E-state index >= 15 is 0 Å². The molecule has 0 fully saturated rings. The number of carbonyl (C=O) groups excluding carboxylic acids is 1. The zero-order valence-electron chi connectivity index (χ0n) is 13.6. The molecule has 0 saturated heterocycles. The lowest BCUT2D eigenvalue weighted by Crippen LogP contribution is -2.26. The highest BCUT2D eigenvalue weighted by Crippen LogP contribution is 2.24. The van der Waals surface area contributed by atoms with Crippen LogP contribution < -0.4 is 5.32 Å². The zero-order chi connectivity index (χ0) is 16.9. The number of nitrogens with one attached hydrogen (secondary N) is 1. The van der Waals surface area contributed by atoms with Crippen LogP contribution in [0.4, 0.5) is 0 Å². The first-order chi connectivity index (χ1) is 11.6. The molecule has 3 rings (SSSR count). The zero-order valence-corrected chi connectivity index (χ0v) is 15.2. The summed E-state index contributed by atoms with van der Waals surface area (Å²) in [5, 5.41) is 7.42. The highest BCUT2D eigenvalue weighted by atomic mass is 35.5. The van der Waals surface area contributed by atoms with Crippen LogP contribution in [0.3, 0.4) is 0 Å². The van der Waals surface area contributed by atoms with Crippen LogP contribution in [-0.2, 0) is 35.7 Å². The van der Waals surface area contributed by atoms with Crippen LogP contribution in [0.2, 0.25) is 4.34 Å². The fourth-order valence-corrected chi connectivity index (χ4v) is 3.97. The van der Waals surface area contributed by atoms with Gasteiger partial charge in [0.25, 0.3) is 0 Å². The molecule has 1 N–H and O–H groups in total. The van der Waals surface area contributed by atoms with Crippen LogP contribution in [0.25, 0.3) is 0 Å². The highest BCUT2D eigenvalue weighted by molar-refractivity contribution is 7.16. The second-order valence-electron chi connectivity index (χ2n) is 5.83. The normalized spacial score (nSPS) is 15.1. The molecule has 0 radical (unpaired) electrons. The van der Waals surface area contributed by atoms with Gasteiger partial charge in [0.2, 0.25) is 5.91 Å². The SMILES string of the molecule is COCC(=O)NCc1cc2n(n1)CCCN(Cc1ccc(Cl)s1)C2. The molecule has 130 valence electrons. The van der Waals surface area contributed by atoms with Crippen molar-refractivity contribution in [2.24, 2.45) is 0 Å². The van der Waals surface area contributed by atoms with E-state index in [-0.39, 0.29) is 12.5 Å². The minimum absolute atomic E-state index is 0.0741. The fourth-order valence-electron chi connectivity index (χ4n) is 2.84. The molecule has 1 aliphatic rings. The van der Waals surface area contributed by atoms with E-state index in [2.05, 4.69) is 32.1 Å². The van der Waals surface area contributed by atoms with Crippen LogP contribution >= 0.6 is 22.9 Å². The third-order valence-electron chi connectivity index (χ3n) is 3.89. The molecule has 0 aliphatic carbocycles. The lowest BCUT2D eigenvalue weighted by atomic mass is 10.3. The molecule has 0 saturated carbocycles. The van der Waals surface area contributed by atoms with Gasteiger partial charge in [-0.25, -0.2) is 0 Å². The first kappa shape index (κ1) is 17.4. The summed E-state index contributed by atoms with van der Waals surface area (Å²) >= 11 is 7.65. The molecular weight excluding hydrogens is 348 g/mol. The monoisotopic (exact) mass is 368 g/mol. The Morgan fingerprint density at radius 1 is 1.46 bits per heavy atom. The maximum atomic E-state index is 11.5. The third-order valence-corrected chi connectivity index (χ3v) is 5.11. The predicted octanol–water partition coefficient (Wildman–Crippen LogP) is 2.27. The Balaban J connectivity index is 1.61. The molecule has 0 bridgehead atoms. The number of hydrogen-bond acceptors (Lipinski definition) is 5. The van der Waals surface area contributed by atoms with Crippen molar-refractivity contribution < 1.29 is 9.53 Å². The van der Waals surface area contributed by atoms with Gasteiger partial charge in [0.15, 0.2) is 0 Å². The summed E-state index contributed by atoms with van der Waals surface area (Å²) < 4.78 is 7.70. The second kappa shape index (κ2) is 8.11. The summed E-state index contributed by atoms with van der Waals surface area (Å²) in [6, 6.07) is 6.11. The van der Waals surface area contributed by atoms with Gasteiger partial charge in [-0.1, -0.05) is 11.6 Å². The molecule has 8 heteroatoms. The molecule has 1 amide bonds. The van der Waals surface area contributed by atoms with Crippen molar-refractivity contribution in [3.05, 3.63) is 38.8 Å². The van der Waals surface area contributed by atoms with E-state index in [9.17, 15) is 4.79 Å². The first-order valence-corrected chi connectivity index (χ1v) is 9.11. The quantitative estimate of drug-likeness (QED) is 0.849. The van der Waals surface area contributed by atoms with Gasteiger partial charge in [-0.3, -0.25) is 14.4 Å². The Kier molecular flexibility index (Phi) is 5.89. The number of thiophene rings is 1. The Bertz CT molecular complexity index is 700. The molecule has 0 atom stereocenters. The lowest BCUT2D eigenvalue weighted by molar-refractivity contribution is -0.124. The van der Waals surface area contributed by atoms with Crippen LogP contribution in [0.15, 0.2) is 18.2 Å². The summed E-state index contributed by atoms with van der Waals surface area (Å²) in [5.74, 6) is -0.128. The lowest BCUT2D eigenvalue weighted by Gasteiger charge is -2.18. The van der Waals surface area contributed by atoms with Gasteiger partial charge in [0, 0.05) is 38.2 Å². The third kappa shape index (κ3) is 4.57. The summed E-state index contributed by atoms with van der Waals surface area (Å²) in [5.41, 5.74) is 2.07. The average molecular weight is 369 g/mol. The molecule has 0 aromatic carbocycles. The van der Waals surface area contributed by atoms with Gasteiger partial charge >= 0.3 is 0 Å². The molecular formula is C16H21ClN4O2S. The Morgan fingerprint density at radius 2 is 2.33 bits per heavy atom. The summed E-state index contributed by atoms with van der Waals surface area (Å²) in [7, 11) is 1.51. The van der Waals surface area contributed by atoms with Crippen molar-refractivity contribution in [2.75, 3.05) is 20.3 Å². The molecule has 1 aliphatic heterocycles. The molecule has 24 heavy (non-hydrogen) atoms. The van der Waals surface area contributed by atoms with Gasteiger partial charge in [-0.05, 0) is 24.6 Å². The largest absolute Gasteiger partial charge is 0.375 e. The van der Waals surface area contributed by atoms with E-state index in [0.717, 1.165) is 42.6 Å². The van der Waals surface area contributed by atoms with E-state index < -0.39 is 0 Å². The number of methoxy groups -OCH3 is 1. The number of fused-ring (bicyclic) bond motifs is 1. The molecule has 6 nitrogen and oxygen atoms in total. The van der Waals surface area contributed by atoms with Crippen LogP contribution in [0, 0.1) is 0 Å². The number of rotatable bonds is 6. The topological polar surface area (TPSA) is 59.4 Å². The summed E-state index contributed by atoms with van der Waals surface area (Å²) in [4.78, 5) is 15.2. The van der Waals surface area contributed by atoms with E-state index in [4.69, 9.17) is 16.3 Å². The van der Waals surface area contributed by atoms with Crippen LogP contribution in [0.5, 0.6) is 0 Å². The molecule has 2 aromatic heterocycles. The summed E-state index contributed by atoms with van der Waals surface area (Å²) in [6.07, 6.45) is 1.06. The van der Waals surface area contributed by atoms with E-state index in [1.807, 2.05) is 6.07 Å². The average Bonchev–Trinajstić information content (AvgIpc) is 3.07. The first-order valence-electron chi connectivity index (χ1n) is 7.92. The number of amides is 1. The number of aromatic nitrogens is 2. The van der Waals surface area contributed by atoms with Crippen molar-refractivity contribution in [1.29, 1.82) is 0 Å². The minimum atomic E-state index is -0.128. The van der Waals surface area contributed by atoms with E-state index in [0.29, 0.717) is 6.54 Å². The van der Waals surface area contributed by atoms with Crippen molar-refractivity contribution in [2.45, 2.75) is 32.6 Å². The Hall–Kier alpha value is -1.41. The molecule has 2 aromatic rings. The maximum Gasteiger partial charge on any atom is 0.246 e. The van der Waals surface area contributed by atoms with Crippen molar-refractivity contribution >= 4 is 28.8 Å². The standard InChI is InChI=1S/C16H21ClN4O2S/c1-23-11-16(22)18-8-12-7-13-9-20(5-2-6-21(13)19-12)10-14-3-4-15(17)24-14/h3-4,7H,2,5-6,8-11H2,1H3,(H,18,22). The number of nitrogens with zero attached hydrogens (tertiary/aromatic N) is 3. The van der Waals surface area contributed by atoms with Gasteiger partial charge < -0.3 is 10.1 Å². The van der Waals surface area contributed by atoms with Gasteiger partial charge in [0.05, 0.1) is 22.3 Å². The molecule has 0 unspecified atom stereocenters. The van der Waals surface area contributed by atoms with Crippen molar-refractivity contribution in [3.63, 3.8) is 0 Å². The summed E-state index contributed by atoms with van der Waals surface area (Å²) in [6.45, 7) is 4.21. The fraction of sp³-hybridized carbons (Fsp3) is 0.500. The van der Waals surface area contributed by atoms with Gasteiger partial charge in [-0.15, -0.1) is 11.3 Å². The van der Waals surface area contributed by atoms with Crippen LogP contribution in [0.1, 0.15) is 22.7 Å². The smallest absolute Gasteiger partial charge is 0.246 e. The Morgan fingerprint density at radius 3 is 3.08 bits per heavy atom. The minimum Gasteiger partial charge on any atom is -0.375 e. The number of hydrogen-bond donors (Lipinski definition) is 1. The van der Waals surface area contributed by atoms with Crippen molar-refractivity contribution in [3.8, 4) is 0 Å². The molecule has 3 heterocycles. The van der Waals surface area contributed by atoms with Gasteiger partial charge in [0.1, 0.15) is 6.61 Å². The number of halogens is 1.